The summed E-state index contributed by atoms with van der Waals surface area (Å²) >= 11 is 0. The number of rotatable bonds is 6. The Kier molecular flexibility index (Phi) is 6.02. The third kappa shape index (κ3) is 3.87. The van der Waals surface area contributed by atoms with Crippen molar-refractivity contribution in [3.8, 4) is 0 Å². The Bertz CT molecular complexity index is 579. The van der Waals surface area contributed by atoms with Crippen LogP contribution in [0.15, 0.2) is 24.0 Å². The van der Waals surface area contributed by atoms with Gasteiger partial charge in [-0.25, -0.2) is 13.6 Å². The fourth-order valence-corrected chi connectivity index (χ4v) is 1.55. The van der Waals surface area contributed by atoms with Crippen LogP contribution in [0.1, 0.15) is 29.8 Å². The minimum absolute atomic E-state index is 0.0561. The highest BCUT2D eigenvalue weighted by molar-refractivity contribution is 6.24. The largest absolute Gasteiger partial charge is 0.500 e. The molecule has 0 heterocycles. The molecule has 0 aliphatic rings. The van der Waals surface area contributed by atoms with Gasteiger partial charge in [0.05, 0.1) is 18.8 Å². The maximum atomic E-state index is 14.0. The van der Waals surface area contributed by atoms with Crippen molar-refractivity contribution in [2.24, 2.45) is 0 Å². The fraction of sp³-hybridized carbons (Fsp3) is 0.333. The van der Waals surface area contributed by atoms with Crippen LogP contribution >= 0.6 is 0 Å². The number of hydrogen-bond donors (Lipinski definition) is 0. The van der Waals surface area contributed by atoms with Crippen LogP contribution in [0.25, 0.3) is 0 Å². The van der Waals surface area contributed by atoms with E-state index in [0.29, 0.717) is 0 Å². The second-order valence-corrected chi connectivity index (χ2v) is 4.07. The molecule has 1 aromatic rings. The van der Waals surface area contributed by atoms with Crippen molar-refractivity contribution in [1.29, 1.82) is 0 Å². The molecule has 0 aromatic heterocycles. The fourth-order valence-electron chi connectivity index (χ4n) is 1.55. The molecule has 1 aromatic carbocycles. The summed E-state index contributed by atoms with van der Waals surface area (Å²) in [5, 5.41) is 0. The molecule has 0 aliphatic heterocycles. The third-order valence-corrected chi connectivity index (χ3v) is 2.67. The van der Waals surface area contributed by atoms with E-state index in [2.05, 4.69) is 0 Å². The van der Waals surface area contributed by atoms with Crippen molar-refractivity contribution < 1.29 is 27.8 Å². The average Bonchev–Trinajstić information content (AvgIpc) is 2.45. The summed E-state index contributed by atoms with van der Waals surface area (Å²) in [6.45, 7) is 4.72. The summed E-state index contributed by atoms with van der Waals surface area (Å²) in [7, 11) is 0. The minimum Gasteiger partial charge on any atom is -0.500 e. The Balaban J connectivity index is 3.23. The van der Waals surface area contributed by atoms with Crippen molar-refractivity contribution in [2.45, 2.75) is 20.8 Å². The molecule has 0 N–H and O–H groups in total. The van der Waals surface area contributed by atoms with E-state index in [1.807, 2.05) is 0 Å². The van der Waals surface area contributed by atoms with Gasteiger partial charge in [0, 0.05) is 5.56 Å². The molecule has 4 nitrogen and oxygen atoms in total. The van der Waals surface area contributed by atoms with Crippen LogP contribution in [0.2, 0.25) is 0 Å². The van der Waals surface area contributed by atoms with Crippen LogP contribution in [0, 0.1) is 18.6 Å². The van der Waals surface area contributed by atoms with Gasteiger partial charge in [-0.05, 0) is 32.9 Å². The maximum Gasteiger partial charge on any atom is 0.345 e. The number of ether oxygens (including phenoxy) is 2. The van der Waals surface area contributed by atoms with Gasteiger partial charge in [-0.15, -0.1) is 0 Å². The van der Waals surface area contributed by atoms with Gasteiger partial charge in [-0.1, -0.05) is 0 Å². The van der Waals surface area contributed by atoms with E-state index in [-0.39, 0.29) is 18.8 Å². The molecule has 114 valence electrons. The number of esters is 1. The Labute approximate surface area is 121 Å². The van der Waals surface area contributed by atoms with Crippen LogP contribution in [0.4, 0.5) is 8.78 Å². The lowest BCUT2D eigenvalue weighted by molar-refractivity contribution is -0.138. The van der Waals surface area contributed by atoms with E-state index in [4.69, 9.17) is 9.47 Å². The Morgan fingerprint density at radius 2 is 1.86 bits per heavy atom. The lowest BCUT2D eigenvalue weighted by atomic mass is 10.0. The SMILES string of the molecule is CCO/C=C(/C(=O)OCC)C(=O)c1ccc(F)c(C)c1F. The number of hydrogen-bond acceptors (Lipinski definition) is 4. The van der Waals surface area contributed by atoms with Gasteiger partial charge in [0.2, 0.25) is 5.78 Å². The predicted molar refractivity (Wildman–Crippen MR) is 71.8 cm³/mol. The summed E-state index contributed by atoms with van der Waals surface area (Å²) in [4.78, 5) is 24.0. The molecule has 0 saturated heterocycles. The quantitative estimate of drug-likeness (QED) is 0.202. The van der Waals surface area contributed by atoms with Crippen molar-refractivity contribution in [3.05, 3.63) is 46.7 Å². The van der Waals surface area contributed by atoms with Gasteiger partial charge in [-0.2, -0.15) is 0 Å². The molecule has 21 heavy (non-hydrogen) atoms. The molecule has 0 fully saturated rings. The lowest BCUT2D eigenvalue weighted by Gasteiger charge is -2.09. The molecule has 0 atom stereocenters. The zero-order chi connectivity index (χ0) is 16.0. The molecule has 1 rings (SSSR count). The maximum absolute atomic E-state index is 14.0. The van der Waals surface area contributed by atoms with Crippen molar-refractivity contribution in [2.75, 3.05) is 13.2 Å². The zero-order valence-electron chi connectivity index (χ0n) is 12.0. The highest BCUT2D eigenvalue weighted by Gasteiger charge is 2.25. The van der Waals surface area contributed by atoms with Crippen molar-refractivity contribution in [3.63, 3.8) is 0 Å². The highest BCUT2D eigenvalue weighted by atomic mass is 19.1. The second-order valence-electron chi connectivity index (χ2n) is 4.07. The standard InChI is InChI=1S/C15H16F2O4/c1-4-20-8-11(15(19)21-5-2)14(18)10-6-7-12(16)9(3)13(10)17/h6-8H,4-5H2,1-3H3/b11-8+. The number of benzene rings is 1. The average molecular weight is 298 g/mol. The number of ketones is 1. The number of Topliss-reactive ketones (excluding diaryl/α,β-unsaturated/α-hetero) is 1. The van der Waals surface area contributed by atoms with Crippen LogP contribution in [0.5, 0.6) is 0 Å². The first-order valence-corrected chi connectivity index (χ1v) is 6.42. The van der Waals surface area contributed by atoms with Crippen LogP contribution < -0.4 is 0 Å². The first kappa shape index (κ1) is 16.8. The minimum atomic E-state index is -1.01. The molecule has 6 heteroatoms. The monoisotopic (exact) mass is 298 g/mol. The van der Waals surface area contributed by atoms with E-state index in [1.165, 1.54) is 6.92 Å². The smallest absolute Gasteiger partial charge is 0.345 e. The normalized spacial score (nSPS) is 11.2. The second kappa shape index (κ2) is 7.52. The van der Waals surface area contributed by atoms with E-state index in [9.17, 15) is 18.4 Å². The van der Waals surface area contributed by atoms with Gasteiger partial charge >= 0.3 is 5.97 Å². The van der Waals surface area contributed by atoms with Crippen molar-refractivity contribution in [1.82, 2.24) is 0 Å². The molecule has 0 amide bonds. The topological polar surface area (TPSA) is 52.6 Å². The summed E-state index contributed by atoms with van der Waals surface area (Å²) in [6.07, 6.45) is 0.929. The Hall–Kier alpha value is -2.24. The van der Waals surface area contributed by atoms with Crippen LogP contribution in [-0.2, 0) is 14.3 Å². The van der Waals surface area contributed by atoms with Gasteiger partial charge in [0.25, 0.3) is 0 Å². The summed E-state index contributed by atoms with van der Waals surface area (Å²) in [5.41, 5.74) is -1.14. The Morgan fingerprint density at radius 1 is 1.19 bits per heavy atom. The van der Waals surface area contributed by atoms with E-state index in [0.717, 1.165) is 18.4 Å². The van der Waals surface area contributed by atoms with Gasteiger partial charge in [0.1, 0.15) is 23.5 Å². The first-order chi connectivity index (χ1) is 9.93. The molecular formula is C15H16F2O4. The number of carbonyl (C=O) groups is 2. The molecular weight excluding hydrogens is 282 g/mol. The van der Waals surface area contributed by atoms with Gasteiger partial charge < -0.3 is 9.47 Å². The van der Waals surface area contributed by atoms with Crippen molar-refractivity contribution >= 4 is 11.8 Å². The summed E-state index contributed by atoms with van der Waals surface area (Å²) in [5.74, 6) is -3.61. The van der Waals surface area contributed by atoms with Crippen LogP contribution in [-0.4, -0.2) is 25.0 Å². The van der Waals surface area contributed by atoms with Crippen LogP contribution in [0.3, 0.4) is 0 Å². The van der Waals surface area contributed by atoms with Gasteiger partial charge in [0.15, 0.2) is 0 Å². The number of halogens is 2. The van der Waals surface area contributed by atoms with E-state index in [1.54, 1.807) is 13.8 Å². The summed E-state index contributed by atoms with van der Waals surface area (Å²) < 4.78 is 36.8. The lowest BCUT2D eigenvalue weighted by Crippen LogP contribution is -2.18. The number of carbonyl (C=O) groups excluding carboxylic acids is 2. The molecule has 0 radical (unpaired) electrons. The van der Waals surface area contributed by atoms with E-state index < -0.39 is 34.5 Å². The first-order valence-electron chi connectivity index (χ1n) is 6.42. The van der Waals surface area contributed by atoms with E-state index >= 15 is 0 Å². The highest BCUT2D eigenvalue weighted by Crippen LogP contribution is 2.19. The van der Waals surface area contributed by atoms with Gasteiger partial charge in [-0.3, -0.25) is 4.79 Å². The summed E-state index contributed by atoms with van der Waals surface area (Å²) in [6, 6.07) is 1.95. The third-order valence-electron chi connectivity index (χ3n) is 2.67. The zero-order valence-corrected chi connectivity index (χ0v) is 12.0. The Morgan fingerprint density at radius 3 is 2.43 bits per heavy atom. The molecule has 0 spiro atoms. The molecule has 0 aliphatic carbocycles. The molecule has 0 bridgehead atoms. The predicted octanol–water partition coefficient (Wildman–Crippen LogP) is 2.94. The molecule has 0 saturated carbocycles. The molecule has 0 unspecified atom stereocenters.